The SMILES string of the molecule is COC(=O)c1ccc(NC(=O)c2ccc(NC(=O)c3ccc(NC(=O)c4ccc(NC(=O)c5cc(C(C)(C)C)cc6c5Oc5c(C(=O)Nc7ccc(C(=O)Nc8ccc(C(=O)Nc9ccc(C(=O)Nc%10ccc(C(=O)OC)cc%10OCC(C)C)cc9OCC(C)C)cc8OCC(C)C)cc7OCC(C)C)cc(C(C)(C)C)cc5C6(C)C)c(OCC(C)C)c4)c(OCC(C)C)c3)c(OCC(C)C)c2)c(OCC(C)C)c1. The summed E-state index contributed by atoms with van der Waals surface area (Å²) in [5, 5.41) is 23.9. The molecule has 144 heavy (non-hydrogen) atoms. The number of hydrogen-bond donors (Lipinski definition) is 8. The van der Waals surface area contributed by atoms with Crippen molar-refractivity contribution in [2.45, 2.75) is 182 Å². The summed E-state index contributed by atoms with van der Waals surface area (Å²) in [5.41, 5.74) is 4.93. The van der Waals surface area contributed by atoms with Gasteiger partial charge in [0.1, 0.15) is 57.5 Å². The van der Waals surface area contributed by atoms with Crippen molar-refractivity contribution >= 4 is 105 Å². The number of ether oxygens (including phenoxy) is 11. The van der Waals surface area contributed by atoms with Gasteiger partial charge < -0.3 is 94.6 Å². The van der Waals surface area contributed by atoms with Crippen LogP contribution in [-0.2, 0) is 25.7 Å². The Hall–Kier alpha value is -14.9. The van der Waals surface area contributed by atoms with Gasteiger partial charge in [0.2, 0.25) is 0 Å². The van der Waals surface area contributed by atoms with Crippen molar-refractivity contribution in [3.05, 3.63) is 248 Å². The van der Waals surface area contributed by atoms with Crippen LogP contribution < -0.4 is 85.2 Å². The van der Waals surface area contributed by atoms with Gasteiger partial charge in [0.25, 0.3) is 47.3 Å². The van der Waals surface area contributed by atoms with Crippen LogP contribution >= 0.6 is 0 Å². The summed E-state index contributed by atoms with van der Waals surface area (Å²) in [4.78, 5) is 143. The highest BCUT2D eigenvalue weighted by Crippen LogP contribution is 2.54. The molecule has 0 saturated heterocycles. The van der Waals surface area contributed by atoms with Crippen molar-refractivity contribution in [3.8, 4) is 57.5 Å². The van der Waals surface area contributed by atoms with E-state index in [9.17, 15) is 38.4 Å². The predicted octanol–water partition coefficient (Wildman–Crippen LogP) is 24.6. The van der Waals surface area contributed by atoms with Gasteiger partial charge in [0.15, 0.2) is 0 Å². The zero-order valence-corrected chi connectivity index (χ0v) is 87.5. The third-order valence-corrected chi connectivity index (χ3v) is 22.8. The first kappa shape index (κ1) is 109. The van der Waals surface area contributed by atoms with Gasteiger partial charge in [-0.05, 0) is 227 Å². The fourth-order valence-corrected chi connectivity index (χ4v) is 14.8. The number of benzene rings is 10. The Balaban J connectivity index is 0.842. The Bertz CT molecular complexity index is 6050. The number of nitrogens with one attached hydrogen (secondary N) is 8. The third-order valence-electron chi connectivity index (χ3n) is 22.8. The maximum absolute atomic E-state index is 15.7. The Morgan fingerprint density at radius 3 is 0.583 bits per heavy atom. The first-order valence-corrected chi connectivity index (χ1v) is 48.8. The van der Waals surface area contributed by atoms with E-state index in [1.807, 2.05) is 137 Å². The minimum absolute atomic E-state index is 0.00574. The monoisotopic (exact) mass is 1970 g/mol. The Morgan fingerprint density at radius 2 is 0.417 bits per heavy atom. The van der Waals surface area contributed by atoms with E-state index < -0.39 is 75.4 Å². The molecule has 29 heteroatoms. The highest BCUT2D eigenvalue weighted by Gasteiger charge is 2.42. The second kappa shape index (κ2) is 47.8. The molecule has 0 aliphatic carbocycles. The van der Waals surface area contributed by atoms with Crippen LogP contribution in [0.5, 0.6) is 57.5 Å². The average Bonchev–Trinajstić information content (AvgIpc) is 0.714. The minimum atomic E-state index is -0.942. The van der Waals surface area contributed by atoms with Crippen LogP contribution in [0, 0.1) is 47.3 Å². The number of methoxy groups -OCH3 is 2. The van der Waals surface area contributed by atoms with Crippen LogP contribution in [0.3, 0.4) is 0 Å². The number of hydrogen-bond acceptors (Lipinski definition) is 21. The van der Waals surface area contributed by atoms with Crippen LogP contribution in [0.2, 0.25) is 0 Å². The maximum Gasteiger partial charge on any atom is 0.337 e. The van der Waals surface area contributed by atoms with Gasteiger partial charge in [-0.15, -0.1) is 0 Å². The van der Waals surface area contributed by atoms with E-state index in [1.54, 1.807) is 84.9 Å². The van der Waals surface area contributed by atoms with Crippen LogP contribution in [0.1, 0.15) is 292 Å². The molecule has 1 aliphatic rings. The van der Waals surface area contributed by atoms with E-state index in [0.717, 1.165) is 11.1 Å². The first-order valence-electron chi connectivity index (χ1n) is 48.8. The average molecular weight is 1970 g/mol. The van der Waals surface area contributed by atoms with Crippen molar-refractivity contribution in [2.75, 3.05) is 110 Å². The molecule has 1 aliphatic heterocycles. The van der Waals surface area contributed by atoms with E-state index in [4.69, 9.17) is 52.1 Å². The summed E-state index contributed by atoms with van der Waals surface area (Å²) in [6, 6.07) is 44.8. The second-order valence-corrected chi connectivity index (χ2v) is 42.0. The van der Waals surface area contributed by atoms with Gasteiger partial charge in [0.05, 0.1) is 135 Å². The molecule has 0 atom stereocenters. The Kier molecular flexibility index (Phi) is 36.3. The topological polar surface area (TPSA) is 368 Å². The number of carbonyl (C=O) groups excluding carboxylic acids is 10. The number of amides is 8. The maximum atomic E-state index is 15.7. The van der Waals surface area contributed by atoms with E-state index in [1.165, 1.54) is 87.0 Å². The lowest BCUT2D eigenvalue weighted by Gasteiger charge is -2.38. The molecule has 764 valence electrons. The van der Waals surface area contributed by atoms with Crippen molar-refractivity contribution in [1.82, 2.24) is 0 Å². The fourth-order valence-electron chi connectivity index (χ4n) is 14.8. The number of rotatable bonds is 42. The molecule has 0 fully saturated rings. The lowest BCUT2D eigenvalue weighted by Crippen LogP contribution is -2.30. The number of fused-ring (bicyclic) bond motifs is 2. The van der Waals surface area contributed by atoms with Crippen molar-refractivity contribution < 1.29 is 100 Å². The van der Waals surface area contributed by atoms with Crippen molar-refractivity contribution in [1.29, 1.82) is 0 Å². The molecular formula is C115H138N8O21. The van der Waals surface area contributed by atoms with Gasteiger partial charge in [-0.1, -0.05) is 178 Å². The Labute approximate surface area is 844 Å². The van der Waals surface area contributed by atoms with Crippen molar-refractivity contribution in [3.63, 3.8) is 0 Å². The van der Waals surface area contributed by atoms with Gasteiger partial charge in [0, 0.05) is 49.9 Å². The smallest absolute Gasteiger partial charge is 0.337 e. The molecule has 29 nitrogen and oxygen atoms in total. The minimum Gasteiger partial charge on any atom is -0.491 e. The molecule has 8 N–H and O–H groups in total. The summed E-state index contributed by atoms with van der Waals surface area (Å²) in [5.74, 6) is -3.04. The lowest BCUT2D eigenvalue weighted by atomic mass is 9.70. The summed E-state index contributed by atoms with van der Waals surface area (Å²) >= 11 is 0. The van der Waals surface area contributed by atoms with Crippen LogP contribution in [0.25, 0.3) is 0 Å². The molecule has 11 rings (SSSR count). The first-order chi connectivity index (χ1) is 67.9. The van der Waals surface area contributed by atoms with Gasteiger partial charge in [-0.2, -0.15) is 0 Å². The van der Waals surface area contributed by atoms with E-state index in [2.05, 4.69) is 84.1 Å². The molecule has 0 radical (unpaired) electrons. The normalized spacial score (nSPS) is 12.1. The molecule has 1 heterocycles. The molecular weight excluding hydrogens is 1830 g/mol. The largest absolute Gasteiger partial charge is 0.491 e. The van der Waals surface area contributed by atoms with E-state index >= 15 is 9.59 Å². The molecule has 0 bridgehead atoms. The molecule has 0 spiro atoms. The standard InChI is InChI=1S/C115H138N8O21/c1-63(2)55-136-93-43-71(103(124)116-85-37-29-73(45-95(85)138-57-65(5)6)107(128)120-89-41-33-77(111(132)134-25)49-99(89)142-61-69(13)14)27-35-87(93)118-105(126)75-31-39-91(97(47-75)140-59-67(9)10)122-109(130)81-51-79(113(17,18)19)53-83-101(81)144-102-82(52-80(114(20,21)22)54-84(102)115(83,23)24)110(131)123-92-40-32-76(48-98(92)141-60-68(11)12)106(127)119-88-36-28-72(44-94(88)137-56-64(3)4)104(125)117-86-38-30-74(46-96(86)139-58-66(7)8)108(129)121-90-42-34-78(112(133)135-26)50-100(90)143-62-70(15)16/h27-54,63-70H,55-62H2,1-26H3,(H,116,124)(H,117,125)(H,118,126)(H,119,127)(H,120,128)(H,121,129)(H,122,130)(H,123,131). The van der Waals surface area contributed by atoms with E-state index in [-0.39, 0.29) is 234 Å². The highest BCUT2D eigenvalue weighted by molar-refractivity contribution is 6.14. The van der Waals surface area contributed by atoms with Crippen LogP contribution in [0.4, 0.5) is 45.5 Å². The number of esters is 2. The number of anilines is 8. The van der Waals surface area contributed by atoms with Crippen LogP contribution in [-0.4, -0.2) is 126 Å². The molecule has 0 saturated carbocycles. The fraction of sp³-hybridized carbons (Fsp3) is 0.391. The van der Waals surface area contributed by atoms with E-state index in [0.29, 0.717) is 35.7 Å². The van der Waals surface area contributed by atoms with Gasteiger partial charge >= 0.3 is 11.9 Å². The summed E-state index contributed by atoms with van der Waals surface area (Å²) < 4.78 is 67.2. The third kappa shape index (κ3) is 28.8. The summed E-state index contributed by atoms with van der Waals surface area (Å²) in [6.45, 7) is 49.8. The predicted molar refractivity (Wildman–Crippen MR) is 563 cm³/mol. The molecule has 0 unspecified atom stereocenters. The quantitative estimate of drug-likeness (QED) is 0.0165. The molecule has 10 aromatic carbocycles. The Morgan fingerprint density at radius 1 is 0.250 bits per heavy atom. The van der Waals surface area contributed by atoms with Crippen LogP contribution in [0.15, 0.2) is 170 Å². The second-order valence-electron chi connectivity index (χ2n) is 42.0. The molecule has 10 aromatic rings. The lowest BCUT2D eigenvalue weighted by molar-refractivity contribution is 0.0591. The highest BCUT2D eigenvalue weighted by atomic mass is 16.5. The van der Waals surface area contributed by atoms with Gasteiger partial charge in [-0.25, -0.2) is 9.59 Å². The number of carbonyl (C=O) groups is 10. The zero-order chi connectivity index (χ0) is 105. The summed E-state index contributed by atoms with van der Waals surface area (Å²) in [7, 11) is 2.56. The van der Waals surface area contributed by atoms with Crippen molar-refractivity contribution in [2.24, 2.45) is 47.3 Å². The molecule has 8 amide bonds. The summed E-state index contributed by atoms with van der Waals surface area (Å²) in [6.07, 6.45) is 0. The molecule has 0 aromatic heterocycles. The zero-order valence-electron chi connectivity index (χ0n) is 87.5. The van der Waals surface area contributed by atoms with Gasteiger partial charge in [-0.3, -0.25) is 38.4 Å².